The molecule has 0 spiro atoms. The molecule has 0 saturated carbocycles. The average Bonchev–Trinajstić information content (AvgIpc) is 2.56. The maximum Gasteiger partial charge on any atom is 0.441 e. The van der Waals surface area contributed by atoms with Crippen LogP contribution < -0.4 is 5.32 Å². The van der Waals surface area contributed by atoms with Gasteiger partial charge in [-0.1, -0.05) is 30.7 Å². The van der Waals surface area contributed by atoms with Crippen molar-refractivity contribution < 1.29 is 13.2 Å². The zero-order valence-electron chi connectivity index (χ0n) is 10.7. The molecule has 1 N–H and O–H groups in total. The average molecular weight is 289 g/mol. The second-order valence-corrected chi connectivity index (χ2v) is 5.91. The van der Waals surface area contributed by atoms with Crippen LogP contribution in [0, 0.1) is 0 Å². The van der Waals surface area contributed by atoms with Crippen molar-refractivity contribution in [2.45, 2.75) is 37.2 Å². The maximum atomic E-state index is 12.1. The first kappa shape index (κ1) is 14.7. The SMILES string of the molecule is FC(F)(F)SCCNC1CCCCc2ccccc21. The van der Waals surface area contributed by atoms with Gasteiger partial charge in [-0.25, -0.2) is 0 Å². The fourth-order valence-corrected chi connectivity index (χ4v) is 2.98. The van der Waals surface area contributed by atoms with Crippen LogP contribution in [0.15, 0.2) is 24.3 Å². The monoisotopic (exact) mass is 289 g/mol. The summed E-state index contributed by atoms with van der Waals surface area (Å²) in [6.07, 6.45) is 4.37. The highest BCUT2D eigenvalue weighted by atomic mass is 32.2. The number of halogens is 3. The highest BCUT2D eigenvalue weighted by Gasteiger charge is 2.27. The molecule has 0 heterocycles. The third kappa shape index (κ3) is 4.73. The Hall–Kier alpha value is -0.680. The molecule has 1 unspecified atom stereocenters. The van der Waals surface area contributed by atoms with E-state index in [0.29, 0.717) is 6.54 Å². The molecule has 5 heteroatoms. The molecule has 19 heavy (non-hydrogen) atoms. The number of aryl methyl sites for hydroxylation is 1. The van der Waals surface area contributed by atoms with Crippen LogP contribution in [0.1, 0.15) is 36.4 Å². The van der Waals surface area contributed by atoms with Gasteiger partial charge in [-0.05, 0) is 42.2 Å². The molecule has 2 rings (SSSR count). The van der Waals surface area contributed by atoms with Crippen LogP contribution >= 0.6 is 11.8 Å². The van der Waals surface area contributed by atoms with Gasteiger partial charge in [-0.2, -0.15) is 13.2 Å². The lowest BCUT2D eigenvalue weighted by molar-refractivity contribution is -0.0327. The normalized spacial score (nSPS) is 19.8. The van der Waals surface area contributed by atoms with Gasteiger partial charge in [0.25, 0.3) is 0 Å². The van der Waals surface area contributed by atoms with E-state index in [4.69, 9.17) is 0 Å². The minimum atomic E-state index is -4.12. The molecule has 1 atom stereocenters. The lowest BCUT2D eigenvalue weighted by Gasteiger charge is -2.19. The quantitative estimate of drug-likeness (QED) is 0.655. The summed E-state index contributed by atoms with van der Waals surface area (Å²) in [5, 5.41) is 3.27. The fourth-order valence-electron chi connectivity index (χ4n) is 2.53. The van der Waals surface area contributed by atoms with Gasteiger partial charge >= 0.3 is 5.51 Å². The van der Waals surface area contributed by atoms with Crippen molar-refractivity contribution >= 4 is 11.8 Å². The molecule has 0 bridgehead atoms. The standard InChI is InChI=1S/C14H18F3NS/c15-14(16,17)19-10-9-18-13-8-4-2-6-11-5-1-3-7-12(11)13/h1,3,5,7,13,18H,2,4,6,8-10H2. The van der Waals surface area contributed by atoms with Crippen molar-refractivity contribution in [1.82, 2.24) is 5.32 Å². The summed E-state index contributed by atoms with van der Waals surface area (Å²) in [5.74, 6) is 0.0716. The van der Waals surface area contributed by atoms with Crippen molar-refractivity contribution in [3.63, 3.8) is 0 Å². The van der Waals surface area contributed by atoms with E-state index in [9.17, 15) is 13.2 Å². The second kappa shape index (κ2) is 6.66. The minimum Gasteiger partial charge on any atom is -0.309 e. The van der Waals surface area contributed by atoms with Gasteiger partial charge in [0, 0.05) is 18.3 Å². The van der Waals surface area contributed by atoms with E-state index in [1.54, 1.807) is 0 Å². The summed E-state index contributed by atoms with van der Waals surface area (Å²) in [5.41, 5.74) is -1.53. The predicted octanol–water partition coefficient (Wildman–Crippen LogP) is 4.30. The van der Waals surface area contributed by atoms with E-state index < -0.39 is 5.51 Å². The lowest BCUT2D eigenvalue weighted by atomic mass is 9.99. The highest BCUT2D eigenvalue weighted by molar-refractivity contribution is 8.00. The van der Waals surface area contributed by atoms with E-state index in [1.807, 2.05) is 12.1 Å². The maximum absolute atomic E-state index is 12.1. The van der Waals surface area contributed by atoms with Crippen LogP contribution in [-0.4, -0.2) is 17.8 Å². The van der Waals surface area contributed by atoms with Crippen LogP contribution in [-0.2, 0) is 6.42 Å². The van der Waals surface area contributed by atoms with Crippen molar-refractivity contribution in [3.05, 3.63) is 35.4 Å². The van der Waals surface area contributed by atoms with Gasteiger partial charge in [0.1, 0.15) is 0 Å². The Morgan fingerprint density at radius 3 is 2.79 bits per heavy atom. The Labute approximate surface area is 116 Å². The largest absolute Gasteiger partial charge is 0.441 e. The zero-order valence-corrected chi connectivity index (χ0v) is 11.5. The van der Waals surface area contributed by atoms with E-state index in [1.165, 1.54) is 11.1 Å². The number of fused-ring (bicyclic) bond motifs is 1. The third-order valence-electron chi connectivity index (χ3n) is 3.38. The molecule has 1 aliphatic rings. The van der Waals surface area contributed by atoms with Crippen molar-refractivity contribution in [3.8, 4) is 0 Å². The second-order valence-electron chi connectivity index (χ2n) is 4.75. The summed E-state index contributed by atoms with van der Waals surface area (Å²) >= 11 is 0.0462. The highest BCUT2D eigenvalue weighted by Crippen LogP contribution is 2.31. The number of benzene rings is 1. The zero-order chi connectivity index (χ0) is 13.7. The van der Waals surface area contributed by atoms with Crippen molar-refractivity contribution in [1.29, 1.82) is 0 Å². The van der Waals surface area contributed by atoms with Crippen LogP contribution in [0.25, 0.3) is 0 Å². The number of rotatable bonds is 4. The molecule has 0 amide bonds. The molecule has 1 aliphatic carbocycles. The van der Waals surface area contributed by atoms with Gasteiger partial charge < -0.3 is 5.32 Å². The van der Waals surface area contributed by atoms with E-state index in [2.05, 4.69) is 17.4 Å². The summed E-state index contributed by atoms with van der Waals surface area (Å²) in [4.78, 5) is 0. The summed E-state index contributed by atoms with van der Waals surface area (Å²) in [6.45, 7) is 0.392. The number of alkyl halides is 3. The Kier molecular flexibility index (Phi) is 5.16. The number of hydrogen-bond acceptors (Lipinski definition) is 2. The van der Waals surface area contributed by atoms with Crippen LogP contribution in [0.2, 0.25) is 0 Å². The first-order valence-corrected chi connectivity index (χ1v) is 7.57. The number of thioether (sulfide) groups is 1. The molecule has 0 aromatic heterocycles. The molecule has 0 fully saturated rings. The topological polar surface area (TPSA) is 12.0 Å². The minimum absolute atomic E-state index is 0.0462. The van der Waals surface area contributed by atoms with Gasteiger partial charge in [0.2, 0.25) is 0 Å². The summed E-state index contributed by atoms with van der Waals surface area (Å²) < 4.78 is 36.2. The molecule has 0 aliphatic heterocycles. The van der Waals surface area contributed by atoms with Gasteiger partial charge in [0.15, 0.2) is 0 Å². The Balaban J connectivity index is 1.90. The van der Waals surface area contributed by atoms with E-state index >= 15 is 0 Å². The van der Waals surface area contributed by atoms with Crippen molar-refractivity contribution in [2.75, 3.05) is 12.3 Å². The molecule has 0 radical (unpaired) electrons. The van der Waals surface area contributed by atoms with Crippen LogP contribution in [0.5, 0.6) is 0 Å². The molecule has 0 saturated heterocycles. The first-order valence-electron chi connectivity index (χ1n) is 6.58. The summed E-state index contributed by atoms with van der Waals surface area (Å²) in [6, 6.07) is 8.45. The number of nitrogens with one attached hydrogen (secondary N) is 1. The van der Waals surface area contributed by atoms with E-state index in [0.717, 1.165) is 25.7 Å². The molecule has 106 valence electrons. The smallest absolute Gasteiger partial charge is 0.309 e. The fraction of sp³-hybridized carbons (Fsp3) is 0.571. The van der Waals surface area contributed by atoms with E-state index in [-0.39, 0.29) is 23.6 Å². The Morgan fingerprint density at radius 2 is 2.00 bits per heavy atom. The first-order chi connectivity index (χ1) is 9.06. The predicted molar refractivity (Wildman–Crippen MR) is 73.3 cm³/mol. The lowest BCUT2D eigenvalue weighted by Crippen LogP contribution is -2.24. The molecule has 1 aromatic carbocycles. The molecule has 1 nitrogen and oxygen atoms in total. The summed E-state index contributed by atoms with van der Waals surface area (Å²) in [7, 11) is 0. The Morgan fingerprint density at radius 1 is 1.21 bits per heavy atom. The van der Waals surface area contributed by atoms with Gasteiger partial charge in [-0.15, -0.1) is 0 Å². The number of hydrogen-bond donors (Lipinski definition) is 1. The molecular weight excluding hydrogens is 271 g/mol. The molecular formula is C14H18F3NS. The molecule has 1 aromatic rings. The third-order valence-corrected chi connectivity index (χ3v) is 4.11. The van der Waals surface area contributed by atoms with Gasteiger partial charge in [-0.3, -0.25) is 0 Å². The van der Waals surface area contributed by atoms with Gasteiger partial charge in [0.05, 0.1) is 0 Å². The van der Waals surface area contributed by atoms with Crippen LogP contribution in [0.4, 0.5) is 13.2 Å². The Bertz CT molecular complexity index is 406. The van der Waals surface area contributed by atoms with Crippen molar-refractivity contribution in [2.24, 2.45) is 0 Å². The van der Waals surface area contributed by atoms with Crippen LogP contribution in [0.3, 0.4) is 0 Å².